The number of hydrogen-bond donors (Lipinski definition) is 1. The molecular weight excluding hydrogens is 318 g/mol. The number of hydrogen-bond acceptors (Lipinski definition) is 4. The fraction of sp³-hybridized carbons (Fsp3) is 0.579. The monoisotopic (exact) mass is 347 g/mol. The molecule has 1 saturated carbocycles. The summed E-state index contributed by atoms with van der Waals surface area (Å²) in [6.45, 7) is 0.430. The van der Waals surface area contributed by atoms with Gasteiger partial charge in [0.15, 0.2) is 0 Å². The number of amides is 2. The van der Waals surface area contributed by atoms with E-state index in [-0.39, 0.29) is 24.9 Å². The number of nitrogens with zero attached hydrogens (tertiary/aromatic N) is 2. The first kappa shape index (κ1) is 19.2. The number of methoxy groups -OCH3 is 1. The molecule has 25 heavy (non-hydrogen) atoms. The Bertz CT molecular complexity index is 568. The molecule has 0 bridgehead atoms. The van der Waals surface area contributed by atoms with Gasteiger partial charge in [-0.25, -0.2) is 0 Å². The van der Waals surface area contributed by atoms with Gasteiger partial charge in [-0.1, -0.05) is 19.3 Å². The summed E-state index contributed by atoms with van der Waals surface area (Å²) in [6.07, 6.45) is 5.84. The van der Waals surface area contributed by atoms with Crippen LogP contribution < -0.4 is 10.1 Å². The Morgan fingerprint density at radius 2 is 1.72 bits per heavy atom. The molecule has 0 radical (unpaired) electrons. The summed E-state index contributed by atoms with van der Waals surface area (Å²) in [6, 6.07) is 7.52. The summed E-state index contributed by atoms with van der Waals surface area (Å²) < 4.78 is 5.09. The third-order valence-corrected chi connectivity index (χ3v) is 4.71. The first-order valence-corrected chi connectivity index (χ1v) is 8.87. The topological polar surface area (TPSA) is 61.9 Å². The number of benzene rings is 1. The number of anilines is 1. The highest BCUT2D eigenvalue weighted by molar-refractivity contribution is 5.92. The lowest BCUT2D eigenvalue weighted by molar-refractivity contribution is -0.133. The van der Waals surface area contributed by atoms with Crippen LogP contribution in [-0.4, -0.2) is 62.0 Å². The van der Waals surface area contributed by atoms with Crippen molar-refractivity contribution in [1.29, 1.82) is 0 Å². The molecule has 2 amide bonds. The van der Waals surface area contributed by atoms with Crippen LogP contribution in [0.25, 0.3) is 0 Å². The average molecular weight is 347 g/mol. The van der Waals surface area contributed by atoms with E-state index in [9.17, 15) is 9.59 Å². The van der Waals surface area contributed by atoms with Gasteiger partial charge < -0.3 is 15.0 Å². The van der Waals surface area contributed by atoms with Crippen LogP contribution in [0.2, 0.25) is 0 Å². The Balaban J connectivity index is 1.76. The van der Waals surface area contributed by atoms with Crippen LogP contribution in [0, 0.1) is 0 Å². The molecule has 1 aromatic rings. The van der Waals surface area contributed by atoms with E-state index in [1.807, 2.05) is 11.9 Å². The molecule has 6 nitrogen and oxygen atoms in total. The molecule has 0 saturated heterocycles. The second-order valence-corrected chi connectivity index (χ2v) is 6.75. The predicted octanol–water partition coefficient (Wildman–Crippen LogP) is 2.36. The van der Waals surface area contributed by atoms with E-state index in [1.165, 1.54) is 19.3 Å². The number of nitrogens with one attached hydrogen (secondary N) is 1. The van der Waals surface area contributed by atoms with Crippen molar-refractivity contribution in [2.75, 3.05) is 39.6 Å². The molecular formula is C19H29N3O3. The van der Waals surface area contributed by atoms with Gasteiger partial charge >= 0.3 is 0 Å². The molecule has 6 heteroatoms. The molecule has 1 N–H and O–H groups in total. The highest BCUT2D eigenvalue weighted by Gasteiger charge is 2.23. The number of likely N-dealkylation sites (N-methyl/N-ethyl adjacent to an activating group) is 2. The van der Waals surface area contributed by atoms with Gasteiger partial charge in [0.05, 0.1) is 20.2 Å². The summed E-state index contributed by atoms with van der Waals surface area (Å²) in [7, 11) is 5.27. The van der Waals surface area contributed by atoms with Gasteiger partial charge in [-0.15, -0.1) is 0 Å². The van der Waals surface area contributed by atoms with Gasteiger partial charge in [-0.05, 0) is 44.2 Å². The van der Waals surface area contributed by atoms with Gasteiger partial charge in [0.2, 0.25) is 11.8 Å². The Labute approximate surface area is 150 Å². The molecule has 0 unspecified atom stereocenters. The van der Waals surface area contributed by atoms with Crippen molar-refractivity contribution in [3.8, 4) is 5.75 Å². The van der Waals surface area contributed by atoms with Crippen molar-refractivity contribution >= 4 is 17.5 Å². The zero-order valence-corrected chi connectivity index (χ0v) is 15.5. The van der Waals surface area contributed by atoms with E-state index in [0.29, 0.717) is 11.7 Å². The largest absolute Gasteiger partial charge is 0.497 e. The van der Waals surface area contributed by atoms with Crippen molar-refractivity contribution in [3.05, 3.63) is 24.3 Å². The van der Waals surface area contributed by atoms with Crippen LogP contribution >= 0.6 is 0 Å². The zero-order chi connectivity index (χ0) is 18.2. The van der Waals surface area contributed by atoms with Crippen LogP contribution in [0.4, 0.5) is 5.69 Å². The highest BCUT2D eigenvalue weighted by Crippen LogP contribution is 2.21. The third kappa shape index (κ3) is 6.05. The summed E-state index contributed by atoms with van der Waals surface area (Å²) in [5.41, 5.74) is 0.713. The standard InChI is InChI=1S/C19H29N3O3/c1-21(14-19(24)22(2)16-7-5-4-6-8-16)13-18(23)20-15-9-11-17(25-3)12-10-15/h9-12,16H,4-8,13-14H2,1-3H3,(H,20,23). The average Bonchev–Trinajstić information content (AvgIpc) is 2.62. The zero-order valence-electron chi connectivity index (χ0n) is 15.5. The number of rotatable bonds is 7. The molecule has 0 heterocycles. The molecule has 0 aromatic heterocycles. The van der Waals surface area contributed by atoms with Crippen molar-refractivity contribution in [2.24, 2.45) is 0 Å². The second-order valence-electron chi connectivity index (χ2n) is 6.75. The van der Waals surface area contributed by atoms with Gasteiger partial charge in [-0.3, -0.25) is 14.5 Å². The fourth-order valence-corrected chi connectivity index (χ4v) is 3.19. The Kier molecular flexibility index (Phi) is 7.25. The van der Waals surface area contributed by atoms with Gasteiger partial charge in [0.25, 0.3) is 0 Å². The molecule has 2 rings (SSSR count). The third-order valence-electron chi connectivity index (χ3n) is 4.71. The van der Waals surface area contributed by atoms with Crippen LogP contribution in [0.3, 0.4) is 0 Å². The molecule has 1 aliphatic carbocycles. The maximum absolute atomic E-state index is 12.4. The fourth-order valence-electron chi connectivity index (χ4n) is 3.19. The maximum Gasteiger partial charge on any atom is 0.238 e. The van der Waals surface area contributed by atoms with Crippen LogP contribution in [-0.2, 0) is 9.59 Å². The molecule has 1 aliphatic rings. The Hall–Kier alpha value is -2.08. The molecule has 138 valence electrons. The van der Waals surface area contributed by atoms with E-state index < -0.39 is 0 Å². The highest BCUT2D eigenvalue weighted by atomic mass is 16.5. The molecule has 1 fully saturated rings. The lowest BCUT2D eigenvalue weighted by Crippen LogP contribution is -2.44. The van der Waals surface area contributed by atoms with E-state index in [4.69, 9.17) is 4.74 Å². The molecule has 1 aromatic carbocycles. The van der Waals surface area contributed by atoms with Crippen LogP contribution in [0.15, 0.2) is 24.3 Å². The van der Waals surface area contributed by atoms with Crippen LogP contribution in [0.1, 0.15) is 32.1 Å². The number of carbonyl (C=O) groups is 2. The van der Waals surface area contributed by atoms with Crippen LogP contribution in [0.5, 0.6) is 5.75 Å². The minimum atomic E-state index is -0.138. The van der Waals surface area contributed by atoms with Gasteiger partial charge in [0, 0.05) is 18.8 Å². The van der Waals surface area contributed by atoms with E-state index >= 15 is 0 Å². The second kappa shape index (κ2) is 9.42. The quantitative estimate of drug-likeness (QED) is 0.822. The van der Waals surface area contributed by atoms with Crippen molar-refractivity contribution in [1.82, 2.24) is 9.80 Å². The first-order valence-electron chi connectivity index (χ1n) is 8.87. The van der Waals surface area contributed by atoms with E-state index in [0.717, 1.165) is 18.6 Å². The number of ether oxygens (including phenoxy) is 1. The molecule has 0 spiro atoms. The van der Waals surface area contributed by atoms with E-state index in [1.54, 1.807) is 43.3 Å². The minimum Gasteiger partial charge on any atom is -0.497 e. The van der Waals surface area contributed by atoms with Crippen molar-refractivity contribution < 1.29 is 14.3 Å². The molecule has 0 aliphatic heterocycles. The lowest BCUT2D eigenvalue weighted by Gasteiger charge is -2.32. The van der Waals surface area contributed by atoms with Gasteiger partial charge in [0.1, 0.15) is 5.75 Å². The minimum absolute atomic E-state index is 0.0756. The van der Waals surface area contributed by atoms with Crippen molar-refractivity contribution in [2.45, 2.75) is 38.1 Å². The predicted molar refractivity (Wildman–Crippen MR) is 98.8 cm³/mol. The summed E-state index contributed by atoms with van der Waals surface area (Å²) in [5.74, 6) is 0.680. The summed E-state index contributed by atoms with van der Waals surface area (Å²) in [5, 5.41) is 2.83. The molecule has 0 atom stereocenters. The summed E-state index contributed by atoms with van der Waals surface area (Å²) >= 11 is 0. The Morgan fingerprint density at radius 3 is 2.32 bits per heavy atom. The Morgan fingerprint density at radius 1 is 1.08 bits per heavy atom. The lowest BCUT2D eigenvalue weighted by atomic mass is 9.94. The summed E-state index contributed by atoms with van der Waals surface area (Å²) in [4.78, 5) is 28.1. The first-order chi connectivity index (χ1) is 12.0. The smallest absolute Gasteiger partial charge is 0.238 e. The van der Waals surface area contributed by atoms with Crippen molar-refractivity contribution in [3.63, 3.8) is 0 Å². The van der Waals surface area contributed by atoms with Gasteiger partial charge in [-0.2, -0.15) is 0 Å². The normalized spacial score (nSPS) is 15.0. The SMILES string of the molecule is COc1ccc(NC(=O)CN(C)CC(=O)N(C)C2CCCCC2)cc1. The van der Waals surface area contributed by atoms with E-state index in [2.05, 4.69) is 5.32 Å². The maximum atomic E-state index is 12.4. The number of carbonyl (C=O) groups excluding carboxylic acids is 2.